The minimum Gasteiger partial charge on any atom is -0.335 e. The monoisotopic (exact) mass is 473 g/mol. The van der Waals surface area contributed by atoms with E-state index in [1.165, 1.54) is 16.9 Å². The number of piperazine rings is 1. The van der Waals surface area contributed by atoms with Gasteiger partial charge >= 0.3 is 5.69 Å². The van der Waals surface area contributed by atoms with Crippen molar-refractivity contribution in [3.8, 4) is 0 Å². The van der Waals surface area contributed by atoms with E-state index in [1.54, 1.807) is 18.5 Å². The molecule has 8 nitrogen and oxygen atoms in total. The highest BCUT2D eigenvalue weighted by Gasteiger charge is 2.25. The van der Waals surface area contributed by atoms with Gasteiger partial charge in [-0.05, 0) is 48.6 Å². The molecular weight excluding hydrogens is 450 g/mol. The highest BCUT2D eigenvalue weighted by atomic mass is 35.5. The van der Waals surface area contributed by atoms with Crippen LogP contribution in [-0.4, -0.2) is 56.6 Å². The maximum atomic E-state index is 13.0. The van der Waals surface area contributed by atoms with Gasteiger partial charge in [0.25, 0.3) is 5.91 Å². The van der Waals surface area contributed by atoms with Crippen molar-refractivity contribution in [1.82, 2.24) is 19.6 Å². The number of rotatable bonds is 6. The average molecular weight is 474 g/mol. The van der Waals surface area contributed by atoms with E-state index in [9.17, 15) is 14.9 Å². The van der Waals surface area contributed by atoms with Crippen LogP contribution in [0.3, 0.4) is 0 Å². The van der Waals surface area contributed by atoms with Crippen molar-refractivity contribution in [2.45, 2.75) is 26.9 Å². The van der Waals surface area contributed by atoms with Gasteiger partial charge in [0, 0.05) is 37.7 Å². The molecule has 1 saturated heterocycles. The molecule has 1 aliphatic rings. The number of carbonyl (C=O) groups excluding carboxylic acids is 1. The summed E-state index contributed by atoms with van der Waals surface area (Å²) >= 11 is 7.48. The molecule has 0 unspecified atom stereocenters. The van der Waals surface area contributed by atoms with Gasteiger partial charge in [0.1, 0.15) is 11.4 Å². The van der Waals surface area contributed by atoms with Gasteiger partial charge in [-0.1, -0.05) is 23.7 Å². The lowest BCUT2D eigenvalue weighted by molar-refractivity contribution is -0.386. The van der Waals surface area contributed by atoms with Crippen molar-refractivity contribution in [3.63, 3.8) is 0 Å². The summed E-state index contributed by atoms with van der Waals surface area (Å²) in [5.41, 5.74) is 3.05. The summed E-state index contributed by atoms with van der Waals surface area (Å²) in [5.74, 6) is 0.0306. The zero-order chi connectivity index (χ0) is 22.8. The molecule has 168 valence electrons. The van der Waals surface area contributed by atoms with Gasteiger partial charge in [0.2, 0.25) is 0 Å². The van der Waals surface area contributed by atoms with Crippen molar-refractivity contribution >= 4 is 34.5 Å². The first-order chi connectivity index (χ1) is 15.3. The molecule has 0 bridgehead atoms. The van der Waals surface area contributed by atoms with Crippen molar-refractivity contribution in [2.24, 2.45) is 0 Å². The molecular formula is C22H24ClN5O3S. The number of amides is 1. The van der Waals surface area contributed by atoms with E-state index < -0.39 is 4.92 Å². The number of hydrogen-bond donors (Lipinski definition) is 0. The second kappa shape index (κ2) is 9.40. The first-order valence-electron chi connectivity index (χ1n) is 10.3. The molecule has 3 heterocycles. The fourth-order valence-corrected chi connectivity index (χ4v) is 5.09. The van der Waals surface area contributed by atoms with E-state index in [2.05, 4.69) is 16.1 Å². The Morgan fingerprint density at radius 2 is 1.91 bits per heavy atom. The molecule has 4 rings (SSSR count). The molecule has 0 N–H and O–H groups in total. The number of aryl methyl sites for hydroxylation is 1. The van der Waals surface area contributed by atoms with E-state index >= 15 is 0 Å². The Bertz CT molecular complexity index is 1150. The standard InChI is InChI=1S/C22H24ClN5O3S/c1-15-21(28(30)31)16(2)27(24-15)13-18-11-20(32-14-18)22(29)26-8-6-25(7-9-26)12-17-4-3-5-19(23)10-17/h3-5,10-11,14H,6-9,12-13H2,1-2H3. The number of carbonyl (C=O) groups is 1. The Balaban J connectivity index is 1.35. The number of nitro groups is 1. The summed E-state index contributed by atoms with van der Waals surface area (Å²) in [6.45, 7) is 7.53. The lowest BCUT2D eigenvalue weighted by Gasteiger charge is -2.34. The largest absolute Gasteiger partial charge is 0.335 e. The molecule has 1 amide bonds. The summed E-state index contributed by atoms with van der Waals surface area (Å²) in [4.78, 5) is 28.7. The molecule has 0 aliphatic carbocycles. The maximum absolute atomic E-state index is 13.0. The van der Waals surface area contributed by atoms with Crippen LogP contribution in [0.4, 0.5) is 5.69 Å². The SMILES string of the molecule is Cc1nn(Cc2csc(C(=O)N3CCN(Cc4cccc(Cl)c4)CC3)c2)c(C)c1[N+](=O)[O-]. The number of hydrogen-bond acceptors (Lipinski definition) is 6. The average Bonchev–Trinajstić information content (AvgIpc) is 3.32. The first kappa shape index (κ1) is 22.4. The van der Waals surface area contributed by atoms with E-state index in [4.69, 9.17) is 11.6 Å². The minimum atomic E-state index is -0.400. The third-order valence-corrected chi connectivity index (χ3v) is 6.88. The van der Waals surface area contributed by atoms with Crippen LogP contribution in [0, 0.1) is 24.0 Å². The third kappa shape index (κ3) is 4.85. The molecule has 0 spiro atoms. The predicted octanol–water partition coefficient (Wildman–Crippen LogP) is 4.13. The number of benzene rings is 1. The van der Waals surface area contributed by atoms with Crippen LogP contribution in [-0.2, 0) is 13.1 Å². The van der Waals surface area contributed by atoms with Crippen LogP contribution < -0.4 is 0 Å². The first-order valence-corrected chi connectivity index (χ1v) is 11.6. The van der Waals surface area contributed by atoms with Gasteiger partial charge in [-0.2, -0.15) is 5.10 Å². The molecule has 2 aromatic heterocycles. The second-order valence-corrected chi connectivity index (χ2v) is 9.30. The maximum Gasteiger partial charge on any atom is 0.312 e. The summed E-state index contributed by atoms with van der Waals surface area (Å²) in [6, 6.07) is 9.73. The zero-order valence-electron chi connectivity index (χ0n) is 18.0. The lowest BCUT2D eigenvalue weighted by atomic mass is 10.2. The van der Waals surface area contributed by atoms with Crippen LogP contribution in [0.5, 0.6) is 0 Å². The van der Waals surface area contributed by atoms with Gasteiger partial charge < -0.3 is 4.90 Å². The Kier molecular flexibility index (Phi) is 6.59. The predicted molar refractivity (Wildman–Crippen MR) is 124 cm³/mol. The van der Waals surface area contributed by atoms with Gasteiger partial charge in [0.15, 0.2) is 0 Å². The molecule has 32 heavy (non-hydrogen) atoms. The van der Waals surface area contributed by atoms with Crippen molar-refractivity contribution in [2.75, 3.05) is 26.2 Å². The summed E-state index contributed by atoms with van der Waals surface area (Å²) in [7, 11) is 0. The Labute approximate surface area is 195 Å². The Morgan fingerprint density at radius 1 is 1.16 bits per heavy atom. The molecule has 10 heteroatoms. The van der Waals surface area contributed by atoms with Crippen LogP contribution in [0.15, 0.2) is 35.7 Å². The number of halogens is 1. The molecule has 1 aliphatic heterocycles. The third-order valence-electron chi connectivity index (χ3n) is 5.68. The van der Waals surface area contributed by atoms with Crippen molar-refractivity contribution < 1.29 is 9.72 Å². The summed E-state index contributed by atoms with van der Waals surface area (Å²) < 4.78 is 1.62. The fourth-order valence-electron chi connectivity index (χ4n) is 4.01. The van der Waals surface area contributed by atoms with E-state index in [0.29, 0.717) is 35.9 Å². The van der Waals surface area contributed by atoms with Crippen LogP contribution >= 0.6 is 22.9 Å². The topological polar surface area (TPSA) is 84.5 Å². The normalized spacial score (nSPS) is 14.7. The molecule has 0 radical (unpaired) electrons. The lowest BCUT2D eigenvalue weighted by Crippen LogP contribution is -2.48. The zero-order valence-corrected chi connectivity index (χ0v) is 19.5. The molecule has 0 atom stereocenters. The van der Waals surface area contributed by atoms with Gasteiger partial charge in [-0.15, -0.1) is 11.3 Å². The summed E-state index contributed by atoms with van der Waals surface area (Å²) in [5, 5.41) is 18.2. The highest BCUT2D eigenvalue weighted by molar-refractivity contribution is 7.12. The van der Waals surface area contributed by atoms with Gasteiger partial charge in [-0.3, -0.25) is 24.5 Å². The fraction of sp³-hybridized carbons (Fsp3) is 0.364. The van der Waals surface area contributed by atoms with E-state index in [-0.39, 0.29) is 11.6 Å². The molecule has 1 fully saturated rings. The van der Waals surface area contributed by atoms with E-state index in [0.717, 1.165) is 30.2 Å². The van der Waals surface area contributed by atoms with E-state index in [1.807, 2.05) is 34.5 Å². The van der Waals surface area contributed by atoms with Gasteiger partial charge in [-0.25, -0.2) is 0 Å². The second-order valence-electron chi connectivity index (χ2n) is 7.95. The van der Waals surface area contributed by atoms with Crippen LogP contribution in [0.2, 0.25) is 5.02 Å². The number of nitrogens with zero attached hydrogens (tertiary/aromatic N) is 5. The smallest absolute Gasteiger partial charge is 0.312 e. The molecule has 0 saturated carbocycles. The van der Waals surface area contributed by atoms with Crippen LogP contribution in [0.1, 0.15) is 32.2 Å². The van der Waals surface area contributed by atoms with Crippen molar-refractivity contribution in [3.05, 3.63) is 78.2 Å². The number of aromatic nitrogens is 2. The Hall–Kier alpha value is -2.75. The van der Waals surface area contributed by atoms with Crippen molar-refractivity contribution in [1.29, 1.82) is 0 Å². The quantitative estimate of drug-likeness (QED) is 0.397. The van der Waals surface area contributed by atoms with Gasteiger partial charge in [0.05, 0.1) is 16.3 Å². The van der Waals surface area contributed by atoms with Crippen LogP contribution in [0.25, 0.3) is 0 Å². The minimum absolute atomic E-state index is 0.0306. The highest BCUT2D eigenvalue weighted by Crippen LogP contribution is 2.24. The summed E-state index contributed by atoms with van der Waals surface area (Å²) in [6.07, 6.45) is 0. The molecule has 3 aromatic rings. The number of thiophene rings is 1. The Morgan fingerprint density at radius 3 is 2.56 bits per heavy atom. The molecule has 1 aromatic carbocycles.